The van der Waals surface area contributed by atoms with Gasteiger partial charge in [-0.15, -0.1) is 0 Å². The predicted octanol–water partition coefficient (Wildman–Crippen LogP) is 0.734. The number of aliphatic hydroxyl groups is 3. The Balaban J connectivity index is 1.68. The zero-order valence-corrected chi connectivity index (χ0v) is 20.2. The van der Waals surface area contributed by atoms with Crippen molar-refractivity contribution < 1.29 is 43.9 Å². The summed E-state index contributed by atoms with van der Waals surface area (Å²) in [7, 11) is 0. The largest absolute Gasteiger partial charge is 0.459 e. The summed E-state index contributed by atoms with van der Waals surface area (Å²) in [5.41, 5.74) is -1.51. The summed E-state index contributed by atoms with van der Waals surface area (Å²) in [4.78, 5) is 38.6. The maximum atomic E-state index is 13.2. The van der Waals surface area contributed by atoms with Gasteiger partial charge in [-0.1, -0.05) is 33.3 Å². The third-order valence-corrected chi connectivity index (χ3v) is 9.46. The van der Waals surface area contributed by atoms with Crippen LogP contribution < -0.4 is 0 Å². The molecule has 188 valence electrons. The van der Waals surface area contributed by atoms with Gasteiger partial charge in [-0.3, -0.25) is 9.59 Å². The van der Waals surface area contributed by atoms with Crippen molar-refractivity contribution in [3.05, 3.63) is 11.6 Å². The number of ether oxygens (including phenoxy) is 3. The third kappa shape index (κ3) is 2.72. The van der Waals surface area contributed by atoms with Gasteiger partial charge in [-0.2, -0.15) is 0 Å². The number of fused-ring (bicyclic) bond motifs is 1. The van der Waals surface area contributed by atoms with Crippen molar-refractivity contribution in [3.63, 3.8) is 0 Å². The van der Waals surface area contributed by atoms with Gasteiger partial charge in [0.15, 0.2) is 11.6 Å². The molecule has 2 bridgehead atoms. The van der Waals surface area contributed by atoms with Crippen molar-refractivity contribution >= 4 is 17.7 Å². The molecule has 2 heterocycles. The van der Waals surface area contributed by atoms with E-state index in [0.29, 0.717) is 6.42 Å². The van der Waals surface area contributed by atoms with Crippen molar-refractivity contribution in [2.24, 2.45) is 40.4 Å². The van der Waals surface area contributed by atoms with Crippen LogP contribution in [0.1, 0.15) is 47.5 Å². The van der Waals surface area contributed by atoms with Crippen LogP contribution in [0.15, 0.2) is 11.6 Å². The van der Waals surface area contributed by atoms with E-state index in [-0.39, 0.29) is 24.9 Å². The smallest absolute Gasteiger partial charge is 0.348 e. The van der Waals surface area contributed by atoms with Crippen molar-refractivity contribution in [1.29, 1.82) is 0 Å². The third-order valence-electron chi connectivity index (χ3n) is 9.46. The summed E-state index contributed by atoms with van der Waals surface area (Å²) in [6.45, 7) is 8.91. The molecular formula is C25H34O9. The minimum absolute atomic E-state index is 0.0209. The summed E-state index contributed by atoms with van der Waals surface area (Å²) >= 11 is 0. The predicted molar refractivity (Wildman–Crippen MR) is 116 cm³/mol. The van der Waals surface area contributed by atoms with E-state index in [0.717, 1.165) is 5.57 Å². The summed E-state index contributed by atoms with van der Waals surface area (Å²) in [6, 6.07) is 0. The molecule has 0 radical (unpaired) electrons. The molecule has 11 atom stereocenters. The van der Waals surface area contributed by atoms with Crippen molar-refractivity contribution in [1.82, 2.24) is 0 Å². The molecule has 0 aromatic rings. The molecule has 0 amide bonds. The average Bonchev–Trinajstić information content (AvgIpc) is 3.03. The van der Waals surface area contributed by atoms with Crippen LogP contribution in [0.5, 0.6) is 0 Å². The molecular weight excluding hydrogens is 444 g/mol. The minimum Gasteiger partial charge on any atom is -0.459 e. The highest BCUT2D eigenvalue weighted by molar-refractivity contribution is 5.96. The van der Waals surface area contributed by atoms with Gasteiger partial charge in [0.1, 0.15) is 18.3 Å². The highest BCUT2D eigenvalue weighted by Crippen LogP contribution is 2.73. The Morgan fingerprint density at radius 1 is 1.29 bits per heavy atom. The van der Waals surface area contributed by atoms with Gasteiger partial charge < -0.3 is 29.5 Å². The Kier molecular flexibility index (Phi) is 5.17. The number of allylic oxidation sites excluding steroid dienone is 1. The fourth-order valence-electron chi connectivity index (χ4n) is 8.26. The lowest BCUT2D eigenvalue weighted by Gasteiger charge is -2.68. The SMILES string of the molecule is CC1=CC(=O)C(O)C2(C)C1CC1OC(=O)C(OC(=O)CC(C)C)C3C(C)C(O)C4(O)OCC13C42. The lowest BCUT2D eigenvalue weighted by Crippen LogP contribution is -2.78. The first-order valence-electron chi connectivity index (χ1n) is 12.1. The van der Waals surface area contributed by atoms with E-state index in [2.05, 4.69) is 0 Å². The highest BCUT2D eigenvalue weighted by Gasteiger charge is 2.83. The van der Waals surface area contributed by atoms with Gasteiger partial charge >= 0.3 is 11.9 Å². The van der Waals surface area contributed by atoms with E-state index in [1.165, 1.54) is 6.08 Å². The quantitative estimate of drug-likeness (QED) is 0.501. The number of ketones is 1. The number of carbonyl (C=O) groups excluding carboxylic acids is 3. The van der Waals surface area contributed by atoms with E-state index in [9.17, 15) is 29.7 Å². The number of hydrogen-bond donors (Lipinski definition) is 3. The van der Waals surface area contributed by atoms with Gasteiger partial charge in [0, 0.05) is 29.1 Å². The summed E-state index contributed by atoms with van der Waals surface area (Å²) < 4.78 is 17.5. The number of aliphatic hydroxyl groups excluding tert-OH is 2. The molecule has 0 aromatic heterocycles. The first-order valence-corrected chi connectivity index (χ1v) is 12.1. The van der Waals surface area contributed by atoms with Gasteiger partial charge in [0.05, 0.1) is 6.61 Å². The highest BCUT2D eigenvalue weighted by atomic mass is 16.7. The maximum Gasteiger partial charge on any atom is 0.348 e. The van der Waals surface area contributed by atoms with Crippen LogP contribution >= 0.6 is 0 Å². The second-order valence-corrected chi connectivity index (χ2v) is 11.7. The first kappa shape index (κ1) is 23.9. The van der Waals surface area contributed by atoms with E-state index in [1.54, 1.807) is 20.8 Å². The molecule has 5 rings (SSSR count). The molecule has 2 saturated carbocycles. The van der Waals surface area contributed by atoms with Crippen molar-refractivity contribution in [2.75, 3.05) is 6.61 Å². The van der Waals surface area contributed by atoms with Gasteiger partial charge in [-0.05, 0) is 37.2 Å². The molecule has 5 aliphatic rings. The van der Waals surface area contributed by atoms with E-state index in [1.807, 2.05) is 13.8 Å². The molecule has 9 heteroatoms. The zero-order chi connectivity index (χ0) is 25.0. The molecule has 4 fully saturated rings. The second kappa shape index (κ2) is 7.35. The van der Waals surface area contributed by atoms with Crippen LogP contribution in [0.3, 0.4) is 0 Å². The van der Waals surface area contributed by atoms with Crippen LogP contribution in [-0.4, -0.2) is 69.9 Å². The second-order valence-electron chi connectivity index (χ2n) is 11.7. The summed E-state index contributed by atoms with van der Waals surface area (Å²) in [6.07, 6.45) is -2.99. The molecule has 0 aromatic carbocycles. The Hall–Kier alpha value is -1.81. The molecule has 1 spiro atoms. The maximum absolute atomic E-state index is 13.2. The Morgan fingerprint density at radius 3 is 2.62 bits per heavy atom. The van der Waals surface area contributed by atoms with Crippen LogP contribution in [0.4, 0.5) is 0 Å². The van der Waals surface area contributed by atoms with E-state index >= 15 is 0 Å². The Labute approximate surface area is 198 Å². The van der Waals surface area contributed by atoms with Crippen LogP contribution in [0, 0.1) is 40.4 Å². The molecule has 11 unspecified atom stereocenters. The number of esters is 2. The summed E-state index contributed by atoms with van der Waals surface area (Å²) in [5, 5.41) is 34.3. The minimum atomic E-state index is -2.06. The monoisotopic (exact) mass is 478 g/mol. The number of carbonyl (C=O) groups is 3. The molecule has 2 aliphatic heterocycles. The van der Waals surface area contributed by atoms with Gasteiger partial charge in [0.2, 0.25) is 6.10 Å². The normalized spacial score (nSPS) is 51.4. The van der Waals surface area contributed by atoms with Crippen LogP contribution in [0.2, 0.25) is 0 Å². The lowest BCUT2D eigenvalue weighted by molar-refractivity contribution is -0.340. The fourth-order valence-corrected chi connectivity index (χ4v) is 8.26. The number of rotatable bonds is 3. The van der Waals surface area contributed by atoms with Gasteiger partial charge in [-0.25, -0.2) is 4.79 Å². The van der Waals surface area contributed by atoms with Crippen LogP contribution in [0.25, 0.3) is 0 Å². The number of hydrogen-bond acceptors (Lipinski definition) is 9. The van der Waals surface area contributed by atoms with E-state index in [4.69, 9.17) is 14.2 Å². The Morgan fingerprint density at radius 2 is 1.97 bits per heavy atom. The first-order chi connectivity index (χ1) is 15.8. The van der Waals surface area contributed by atoms with Gasteiger partial charge in [0.25, 0.3) is 0 Å². The Bertz CT molecular complexity index is 973. The van der Waals surface area contributed by atoms with E-state index < -0.39 is 76.5 Å². The van der Waals surface area contributed by atoms with Crippen molar-refractivity contribution in [2.45, 2.75) is 77.7 Å². The molecule has 2 saturated heterocycles. The molecule has 3 N–H and O–H groups in total. The molecule has 34 heavy (non-hydrogen) atoms. The standard InChI is InChI=1S/C25H34O9/c1-10(2)6-16(27)34-18-17-12(4)19(28)25(31)22-23(5)13(11(3)7-14(26)20(23)29)8-15(33-21(18)30)24(17,22)9-32-25/h7,10,12-13,15,17-20,22,28-29,31H,6,8-9H2,1-5H3. The van der Waals surface area contributed by atoms with Crippen molar-refractivity contribution in [3.8, 4) is 0 Å². The van der Waals surface area contributed by atoms with Crippen LogP contribution in [-0.2, 0) is 28.6 Å². The fraction of sp³-hybridized carbons (Fsp3) is 0.800. The summed E-state index contributed by atoms with van der Waals surface area (Å²) in [5.74, 6) is -6.44. The zero-order valence-electron chi connectivity index (χ0n) is 20.2. The molecule has 3 aliphatic carbocycles. The lowest BCUT2D eigenvalue weighted by atomic mass is 9.38. The topological polar surface area (TPSA) is 140 Å². The molecule has 9 nitrogen and oxygen atoms in total. The average molecular weight is 479 g/mol.